The molecule has 0 bridgehead atoms. The Morgan fingerprint density at radius 3 is 1.97 bits per heavy atom. The quantitative estimate of drug-likeness (QED) is 0.585. The van der Waals surface area contributed by atoms with Gasteiger partial charge in [-0.3, -0.25) is 4.79 Å². The van der Waals surface area contributed by atoms with Crippen molar-refractivity contribution in [3.8, 4) is 0 Å². The lowest BCUT2D eigenvalue weighted by Crippen LogP contribution is -2.52. The van der Waals surface area contributed by atoms with Crippen LogP contribution in [0.2, 0.25) is 0 Å². The maximum Gasteiger partial charge on any atom is 0.408 e. The van der Waals surface area contributed by atoms with Gasteiger partial charge in [-0.2, -0.15) is 0 Å². The number of hydrogen-bond donors (Lipinski definition) is 2. The highest BCUT2D eigenvalue weighted by Crippen LogP contribution is 2.06. The van der Waals surface area contributed by atoms with Crippen LogP contribution in [0.4, 0.5) is 4.79 Å². The highest BCUT2D eigenvalue weighted by atomic mass is 16.5. The minimum atomic E-state index is -0.851. The fourth-order valence-corrected chi connectivity index (χ4v) is 2.82. The summed E-state index contributed by atoms with van der Waals surface area (Å²) in [4.78, 5) is 37.1. The average molecular weight is 412 g/mol. The predicted octanol–water partition coefficient (Wildman–Crippen LogP) is 2.98. The molecule has 2 N–H and O–H groups in total. The van der Waals surface area contributed by atoms with Gasteiger partial charge < -0.3 is 20.1 Å². The van der Waals surface area contributed by atoms with Crippen LogP contribution in [0.5, 0.6) is 0 Å². The van der Waals surface area contributed by atoms with Gasteiger partial charge in [0, 0.05) is 6.42 Å². The van der Waals surface area contributed by atoms with E-state index in [9.17, 15) is 14.4 Å². The van der Waals surface area contributed by atoms with Crippen LogP contribution < -0.4 is 10.6 Å². The smallest absolute Gasteiger partial charge is 0.408 e. The van der Waals surface area contributed by atoms with Gasteiger partial charge in [0.2, 0.25) is 5.91 Å². The Morgan fingerprint density at radius 1 is 0.800 bits per heavy atom. The molecule has 0 fully saturated rings. The first-order valence-electron chi connectivity index (χ1n) is 10.0. The molecule has 0 aliphatic rings. The van der Waals surface area contributed by atoms with Crippen LogP contribution in [0.3, 0.4) is 0 Å². The zero-order chi connectivity index (χ0) is 21.8. The Bertz CT molecular complexity index is 811. The number of carbonyl (C=O) groups is 3. The molecule has 160 valence electrons. The van der Waals surface area contributed by atoms with Crippen LogP contribution in [0.15, 0.2) is 60.7 Å². The normalized spacial score (nSPS) is 12.3. The molecule has 2 aromatic rings. The van der Waals surface area contributed by atoms with Crippen molar-refractivity contribution in [3.63, 3.8) is 0 Å². The number of rotatable bonds is 10. The molecular weight excluding hydrogens is 384 g/mol. The Hall–Kier alpha value is -3.35. The topological polar surface area (TPSA) is 93.7 Å². The van der Waals surface area contributed by atoms with E-state index in [0.717, 1.165) is 11.1 Å². The van der Waals surface area contributed by atoms with Gasteiger partial charge in [-0.15, -0.1) is 0 Å². The first-order valence-corrected chi connectivity index (χ1v) is 10.0. The van der Waals surface area contributed by atoms with Gasteiger partial charge in [0.25, 0.3) is 0 Å². The molecule has 0 aliphatic carbocycles. The van der Waals surface area contributed by atoms with Crippen molar-refractivity contribution in [2.75, 3.05) is 6.61 Å². The number of amides is 2. The summed E-state index contributed by atoms with van der Waals surface area (Å²) < 4.78 is 10.3. The molecule has 2 atom stereocenters. The summed E-state index contributed by atoms with van der Waals surface area (Å²) in [7, 11) is 0. The lowest BCUT2D eigenvalue weighted by Gasteiger charge is -2.22. The maximum atomic E-state index is 12.7. The fraction of sp³-hybridized carbons (Fsp3) is 0.348. The first-order chi connectivity index (χ1) is 14.5. The van der Waals surface area contributed by atoms with Crippen molar-refractivity contribution in [2.24, 2.45) is 0 Å². The van der Waals surface area contributed by atoms with Crippen molar-refractivity contribution in [3.05, 3.63) is 71.8 Å². The van der Waals surface area contributed by atoms with E-state index >= 15 is 0 Å². The van der Waals surface area contributed by atoms with Crippen molar-refractivity contribution in [1.29, 1.82) is 0 Å². The van der Waals surface area contributed by atoms with Gasteiger partial charge in [0.15, 0.2) is 0 Å². The number of benzene rings is 2. The van der Waals surface area contributed by atoms with Gasteiger partial charge in [-0.25, -0.2) is 9.59 Å². The minimum Gasteiger partial charge on any atom is -0.464 e. The van der Waals surface area contributed by atoms with E-state index in [1.807, 2.05) is 60.7 Å². The maximum absolute atomic E-state index is 12.7. The second-order valence-corrected chi connectivity index (χ2v) is 6.67. The van der Waals surface area contributed by atoms with Crippen molar-refractivity contribution in [1.82, 2.24) is 10.6 Å². The van der Waals surface area contributed by atoms with Gasteiger partial charge in [0.1, 0.15) is 18.7 Å². The van der Waals surface area contributed by atoms with Crippen LogP contribution in [0.25, 0.3) is 0 Å². The predicted molar refractivity (Wildman–Crippen MR) is 113 cm³/mol. The average Bonchev–Trinajstić information content (AvgIpc) is 2.77. The molecule has 2 rings (SSSR count). The van der Waals surface area contributed by atoms with E-state index in [2.05, 4.69) is 10.6 Å². The number of ether oxygens (including phenoxy) is 2. The number of alkyl carbamates (subject to hydrolysis) is 1. The van der Waals surface area contributed by atoms with Crippen LogP contribution in [0, 0.1) is 0 Å². The fourth-order valence-electron chi connectivity index (χ4n) is 2.82. The molecule has 0 radical (unpaired) electrons. The summed E-state index contributed by atoms with van der Waals surface area (Å²) in [6.45, 7) is 3.78. The third-order valence-electron chi connectivity index (χ3n) is 4.40. The molecule has 0 saturated heterocycles. The van der Waals surface area contributed by atoms with E-state index in [0.29, 0.717) is 12.8 Å². The molecule has 0 heterocycles. The van der Waals surface area contributed by atoms with E-state index in [-0.39, 0.29) is 13.2 Å². The number of carbonyl (C=O) groups excluding carboxylic acids is 3. The zero-order valence-corrected chi connectivity index (χ0v) is 17.3. The standard InChI is InChI=1S/C23H28N2O5/c1-3-19(25-23(28)30-16-18-13-9-6-10-14-18)21(26)24-20(22(27)29-4-2)15-17-11-7-5-8-12-17/h5-14,19-20H,3-4,15-16H2,1-2H3,(H,24,26)(H,25,28). The second-order valence-electron chi connectivity index (χ2n) is 6.67. The van der Waals surface area contributed by atoms with Gasteiger partial charge >= 0.3 is 12.1 Å². The Labute approximate surface area is 176 Å². The molecular formula is C23H28N2O5. The summed E-state index contributed by atoms with van der Waals surface area (Å²) in [5.41, 5.74) is 1.73. The van der Waals surface area contributed by atoms with E-state index < -0.39 is 30.1 Å². The molecule has 0 spiro atoms. The van der Waals surface area contributed by atoms with Crippen molar-refractivity contribution in [2.45, 2.75) is 45.4 Å². The summed E-state index contributed by atoms with van der Waals surface area (Å²) in [6, 6.07) is 16.9. The van der Waals surface area contributed by atoms with Crippen molar-refractivity contribution < 1.29 is 23.9 Å². The van der Waals surface area contributed by atoms with Crippen LogP contribution in [-0.4, -0.2) is 36.7 Å². The molecule has 0 saturated carbocycles. The molecule has 0 aromatic heterocycles. The summed E-state index contributed by atoms with van der Waals surface area (Å²) >= 11 is 0. The summed E-state index contributed by atoms with van der Waals surface area (Å²) in [5.74, 6) is -0.987. The highest BCUT2D eigenvalue weighted by molar-refractivity contribution is 5.89. The van der Waals surface area contributed by atoms with Crippen LogP contribution in [-0.2, 0) is 32.1 Å². The van der Waals surface area contributed by atoms with Crippen LogP contribution >= 0.6 is 0 Å². The Kier molecular flexibility index (Phi) is 9.37. The van der Waals surface area contributed by atoms with Gasteiger partial charge in [-0.05, 0) is 24.5 Å². The van der Waals surface area contributed by atoms with E-state index in [1.54, 1.807) is 13.8 Å². The van der Waals surface area contributed by atoms with Gasteiger partial charge in [-0.1, -0.05) is 67.6 Å². The lowest BCUT2D eigenvalue weighted by molar-refractivity contribution is -0.147. The van der Waals surface area contributed by atoms with Crippen molar-refractivity contribution >= 4 is 18.0 Å². The SMILES string of the molecule is CCOC(=O)C(Cc1ccccc1)NC(=O)C(CC)NC(=O)OCc1ccccc1. The Morgan fingerprint density at radius 2 is 1.40 bits per heavy atom. The molecule has 7 heteroatoms. The first kappa shape index (κ1) is 22.9. The highest BCUT2D eigenvalue weighted by Gasteiger charge is 2.27. The van der Waals surface area contributed by atoms with Crippen LogP contribution in [0.1, 0.15) is 31.4 Å². The number of nitrogens with one attached hydrogen (secondary N) is 2. The largest absolute Gasteiger partial charge is 0.464 e. The molecule has 2 amide bonds. The number of hydrogen-bond acceptors (Lipinski definition) is 5. The summed E-state index contributed by atoms with van der Waals surface area (Å²) in [6.07, 6.45) is -0.0652. The lowest BCUT2D eigenvalue weighted by atomic mass is 10.1. The third kappa shape index (κ3) is 7.58. The molecule has 2 unspecified atom stereocenters. The molecule has 2 aromatic carbocycles. The third-order valence-corrected chi connectivity index (χ3v) is 4.40. The van der Waals surface area contributed by atoms with E-state index in [1.165, 1.54) is 0 Å². The number of esters is 1. The summed E-state index contributed by atoms with van der Waals surface area (Å²) in [5, 5.41) is 5.25. The monoisotopic (exact) mass is 412 g/mol. The van der Waals surface area contributed by atoms with Gasteiger partial charge in [0.05, 0.1) is 6.61 Å². The molecule has 7 nitrogen and oxygen atoms in total. The Balaban J connectivity index is 1.95. The van der Waals surface area contributed by atoms with E-state index in [4.69, 9.17) is 9.47 Å². The molecule has 30 heavy (non-hydrogen) atoms. The zero-order valence-electron chi connectivity index (χ0n) is 17.3. The minimum absolute atomic E-state index is 0.101. The second kappa shape index (κ2) is 12.3. The molecule has 0 aliphatic heterocycles.